The topological polar surface area (TPSA) is 57.2 Å². The predicted octanol–water partition coefficient (Wildman–Crippen LogP) is 1.15. The molecule has 1 fully saturated rings. The molecule has 4 nitrogen and oxygen atoms in total. The summed E-state index contributed by atoms with van der Waals surface area (Å²) in [4.78, 5) is 11.4. The lowest BCUT2D eigenvalue weighted by Crippen LogP contribution is -2.44. The number of nitrogens with two attached hydrogens (primary N) is 1. The van der Waals surface area contributed by atoms with E-state index in [4.69, 9.17) is 10.5 Å². The van der Waals surface area contributed by atoms with E-state index in [1.807, 2.05) is 17.7 Å². The molecule has 0 aliphatic heterocycles. The highest BCUT2D eigenvalue weighted by Crippen LogP contribution is 2.39. The lowest BCUT2D eigenvalue weighted by Gasteiger charge is -2.38. The monoisotopic (exact) mass is 208 g/mol. The molecule has 15 heavy (non-hydrogen) atoms. The van der Waals surface area contributed by atoms with E-state index in [0.717, 1.165) is 25.0 Å². The van der Waals surface area contributed by atoms with Gasteiger partial charge < -0.3 is 15.0 Å². The summed E-state index contributed by atoms with van der Waals surface area (Å²) in [5.74, 6) is -0.313. The number of carbonyl (C=O) groups excluding carboxylic acids is 1. The van der Waals surface area contributed by atoms with Crippen molar-refractivity contribution >= 4 is 5.97 Å². The Morgan fingerprint density at radius 1 is 1.53 bits per heavy atom. The van der Waals surface area contributed by atoms with Crippen LogP contribution in [0.4, 0.5) is 0 Å². The highest BCUT2D eigenvalue weighted by atomic mass is 16.5. The summed E-state index contributed by atoms with van der Waals surface area (Å²) in [6.07, 6.45) is 3.15. The van der Waals surface area contributed by atoms with Gasteiger partial charge in [0.1, 0.15) is 5.69 Å². The van der Waals surface area contributed by atoms with E-state index >= 15 is 0 Å². The van der Waals surface area contributed by atoms with Crippen LogP contribution >= 0.6 is 0 Å². The maximum absolute atomic E-state index is 11.4. The Bertz CT molecular complexity index is 391. The molecule has 1 saturated carbocycles. The van der Waals surface area contributed by atoms with E-state index in [0.29, 0.717) is 5.69 Å². The molecule has 1 aromatic heterocycles. The minimum Gasteiger partial charge on any atom is -0.464 e. The molecule has 0 atom stereocenters. The molecule has 2 N–H and O–H groups in total. The molecule has 0 unspecified atom stereocenters. The Morgan fingerprint density at radius 2 is 2.20 bits per heavy atom. The first-order chi connectivity index (χ1) is 7.08. The maximum Gasteiger partial charge on any atom is 0.354 e. The molecule has 0 spiro atoms. The fourth-order valence-corrected chi connectivity index (χ4v) is 2.13. The van der Waals surface area contributed by atoms with E-state index in [2.05, 4.69) is 0 Å². The maximum atomic E-state index is 11.4. The van der Waals surface area contributed by atoms with Crippen LogP contribution in [0.15, 0.2) is 12.1 Å². The third kappa shape index (κ3) is 1.45. The molecule has 82 valence electrons. The van der Waals surface area contributed by atoms with Crippen molar-refractivity contribution < 1.29 is 9.53 Å². The first-order valence-corrected chi connectivity index (χ1v) is 5.12. The highest BCUT2D eigenvalue weighted by molar-refractivity contribution is 5.87. The average molecular weight is 208 g/mol. The molecule has 1 aromatic rings. The molecular formula is C11H16N2O2. The predicted molar refractivity (Wildman–Crippen MR) is 56.5 cm³/mol. The summed E-state index contributed by atoms with van der Waals surface area (Å²) >= 11 is 0. The number of esters is 1. The minimum absolute atomic E-state index is 0.235. The molecule has 2 rings (SSSR count). The van der Waals surface area contributed by atoms with Crippen molar-refractivity contribution in [3.05, 3.63) is 23.5 Å². The molecule has 0 bridgehead atoms. The number of nitrogens with zero attached hydrogens (tertiary/aromatic N) is 1. The highest BCUT2D eigenvalue weighted by Gasteiger charge is 2.37. The van der Waals surface area contributed by atoms with Crippen molar-refractivity contribution in [3.8, 4) is 0 Å². The molecular weight excluding hydrogens is 192 g/mol. The normalized spacial score (nSPS) is 18.3. The van der Waals surface area contributed by atoms with Crippen LogP contribution in [0.1, 0.15) is 35.4 Å². The number of methoxy groups -OCH3 is 1. The zero-order valence-electron chi connectivity index (χ0n) is 9.12. The number of carbonyl (C=O) groups is 1. The Balaban J connectivity index is 2.35. The van der Waals surface area contributed by atoms with Gasteiger partial charge in [-0.15, -0.1) is 0 Å². The molecule has 1 heterocycles. The van der Waals surface area contributed by atoms with Crippen molar-refractivity contribution in [2.75, 3.05) is 7.11 Å². The number of aromatic nitrogens is 1. The molecule has 1 aliphatic rings. The van der Waals surface area contributed by atoms with Gasteiger partial charge in [-0.1, -0.05) is 0 Å². The zero-order chi connectivity index (χ0) is 11.1. The summed E-state index contributed by atoms with van der Waals surface area (Å²) in [5.41, 5.74) is 7.55. The fraction of sp³-hybridized carbons (Fsp3) is 0.545. The molecule has 4 heteroatoms. The number of rotatable bonds is 2. The Hall–Kier alpha value is -1.29. The van der Waals surface area contributed by atoms with Gasteiger partial charge in [-0.05, 0) is 31.4 Å². The summed E-state index contributed by atoms with van der Waals surface area (Å²) in [7, 11) is 3.24. The van der Waals surface area contributed by atoms with Gasteiger partial charge in [0.15, 0.2) is 0 Å². The average Bonchev–Trinajstić information content (AvgIpc) is 2.56. The van der Waals surface area contributed by atoms with Crippen LogP contribution in [-0.2, 0) is 17.3 Å². The van der Waals surface area contributed by atoms with Crippen LogP contribution in [0.2, 0.25) is 0 Å². The molecule has 1 aliphatic carbocycles. The van der Waals surface area contributed by atoms with Crippen LogP contribution in [0.3, 0.4) is 0 Å². The molecule has 0 amide bonds. The lowest BCUT2D eigenvalue weighted by atomic mass is 9.75. The Labute approximate surface area is 89.0 Å². The molecule has 0 saturated heterocycles. The van der Waals surface area contributed by atoms with Crippen molar-refractivity contribution in [2.24, 2.45) is 12.8 Å². The van der Waals surface area contributed by atoms with Gasteiger partial charge in [-0.2, -0.15) is 0 Å². The van der Waals surface area contributed by atoms with Crippen molar-refractivity contribution in [3.63, 3.8) is 0 Å². The van der Waals surface area contributed by atoms with Crippen LogP contribution in [0.25, 0.3) is 0 Å². The van der Waals surface area contributed by atoms with Gasteiger partial charge in [0, 0.05) is 12.7 Å². The summed E-state index contributed by atoms with van der Waals surface area (Å²) in [6, 6.07) is 3.69. The smallest absolute Gasteiger partial charge is 0.354 e. The van der Waals surface area contributed by atoms with Gasteiger partial charge >= 0.3 is 5.97 Å². The second-order valence-electron chi connectivity index (χ2n) is 4.16. The van der Waals surface area contributed by atoms with Gasteiger partial charge in [0.25, 0.3) is 0 Å². The Morgan fingerprint density at radius 3 is 2.67 bits per heavy atom. The molecule has 0 radical (unpaired) electrons. The quantitative estimate of drug-likeness (QED) is 0.742. The standard InChI is InChI=1S/C11H16N2O2/c1-13-8(10(14)15-2)4-5-9(13)11(12)6-3-7-11/h4-5H,3,6-7,12H2,1-2H3. The van der Waals surface area contributed by atoms with E-state index in [1.165, 1.54) is 7.11 Å². The van der Waals surface area contributed by atoms with Crippen molar-refractivity contribution in [1.29, 1.82) is 0 Å². The van der Waals surface area contributed by atoms with Crippen LogP contribution in [0, 0.1) is 0 Å². The van der Waals surface area contributed by atoms with Crippen molar-refractivity contribution in [2.45, 2.75) is 24.8 Å². The zero-order valence-corrected chi connectivity index (χ0v) is 9.12. The fourth-order valence-electron chi connectivity index (χ4n) is 2.13. The number of ether oxygens (including phenoxy) is 1. The third-order valence-electron chi connectivity index (χ3n) is 3.27. The van der Waals surface area contributed by atoms with E-state index in [1.54, 1.807) is 6.07 Å². The van der Waals surface area contributed by atoms with E-state index < -0.39 is 0 Å². The van der Waals surface area contributed by atoms with Gasteiger partial charge in [-0.3, -0.25) is 0 Å². The Kier molecular flexibility index (Phi) is 2.31. The SMILES string of the molecule is COC(=O)c1ccc(C2(N)CCC2)n1C. The van der Waals surface area contributed by atoms with E-state index in [-0.39, 0.29) is 11.5 Å². The van der Waals surface area contributed by atoms with Crippen LogP contribution < -0.4 is 5.73 Å². The third-order valence-corrected chi connectivity index (χ3v) is 3.27. The minimum atomic E-state index is -0.313. The summed E-state index contributed by atoms with van der Waals surface area (Å²) < 4.78 is 6.53. The van der Waals surface area contributed by atoms with Gasteiger partial charge in [0.2, 0.25) is 0 Å². The second kappa shape index (κ2) is 3.38. The van der Waals surface area contributed by atoms with Gasteiger partial charge in [0.05, 0.1) is 12.6 Å². The van der Waals surface area contributed by atoms with Gasteiger partial charge in [-0.25, -0.2) is 4.79 Å². The second-order valence-corrected chi connectivity index (χ2v) is 4.16. The van der Waals surface area contributed by atoms with E-state index in [9.17, 15) is 4.79 Å². The number of hydrogen-bond donors (Lipinski definition) is 1. The largest absolute Gasteiger partial charge is 0.464 e. The lowest BCUT2D eigenvalue weighted by molar-refractivity contribution is 0.0588. The first kappa shape index (κ1) is 10.2. The summed E-state index contributed by atoms with van der Waals surface area (Å²) in [6.45, 7) is 0. The van der Waals surface area contributed by atoms with Crippen molar-refractivity contribution in [1.82, 2.24) is 4.57 Å². The van der Waals surface area contributed by atoms with Crippen LogP contribution in [-0.4, -0.2) is 17.6 Å². The number of hydrogen-bond acceptors (Lipinski definition) is 3. The summed E-state index contributed by atoms with van der Waals surface area (Å²) in [5, 5.41) is 0. The van der Waals surface area contributed by atoms with Crippen LogP contribution in [0.5, 0.6) is 0 Å². The molecule has 0 aromatic carbocycles. The first-order valence-electron chi connectivity index (χ1n) is 5.12.